The molecule has 0 aliphatic rings. The third kappa shape index (κ3) is 2.45. The number of benzene rings is 1. The van der Waals surface area contributed by atoms with Crippen LogP contribution in [0.5, 0.6) is 5.75 Å². The second kappa shape index (κ2) is 5.54. The number of aromatic nitrogens is 3. The van der Waals surface area contributed by atoms with Gasteiger partial charge >= 0.3 is 0 Å². The van der Waals surface area contributed by atoms with Crippen LogP contribution in [0.3, 0.4) is 0 Å². The van der Waals surface area contributed by atoms with Gasteiger partial charge in [0.1, 0.15) is 22.9 Å². The third-order valence-electron chi connectivity index (χ3n) is 3.12. The summed E-state index contributed by atoms with van der Waals surface area (Å²) in [5, 5.41) is 8.04. The van der Waals surface area contributed by atoms with Gasteiger partial charge in [-0.1, -0.05) is 17.7 Å². The Morgan fingerprint density at radius 1 is 1.38 bits per heavy atom. The van der Waals surface area contributed by atoms with Gasteiger partial charge in [-0.2, -0.15) is 9.61 Å². The van der Waals surface area contributed by atoms with Gasteiger partial charge in [-0.05, 0) is 46.6 Å². The standard InChI is InChI=1S/C14H12BrClN4O/c1-8-6-9(15)14(20-13(8)17-7-18-20)19-10-4-3-5-11(21-2)12(10)16/h3-7,19H,1-2H3. The number of nitrogens with one attached hydrogen (secondary N) is 1. The Hall–Kier alpha value is -1.79. The van der Waals surface area contributed by atoms with Gasteiger partial charge in [-0.3, -0.25) is 0 Å². The Kier molecular flexibility index (Phi) is 3.73. The lowest BCUT2D eigenvalue weighted by molar-refractivity contribution is 0.415. The van der Waals surface area contributed by atoms with Gasteiger partial charge in [0, 0.05) is 0 Å². The molecule has 0 spiro atoms. The Balaban J connectivity index is 2.13. The van der Waals surface area contributed by atoms with Crippen molar-refractivity contribution in [1.29, 1.82) is 0 Å². The summed E-state index contributed by atoms with van der Waals surface area (Å²) in [5.74, 6) is 1.36. The lowest BCUT2D eigenvalue weighted by atomic mass is 10.2. The molecule has 108 valence electrons. The van der Waals surface area contributed by atoms with Gasteiger partial charge in [0.25, 0.3) is 0 Å². The minimum absolute atomic E-state index is 0.515. The summed E-state index contributed by atoms with van der Waals surface area (Å²) in [7, 11) is 1.59. The molecule has 5 nitrogen and oxygen atoms in total. The van der Waals surface area contributed by atoms with Gasteiger partial charge in [0.15, 0.2) is 5.65 Å². The molecule has 2 heterocycles. The summed E-state index contributed by atoms with van der Waals surface area (Å²) in [5.41, 5.74) is 2.55. The van der Waals surface area contributed by atoms with Crippen molar-refractivity contribution in [2.24, 2.45) is 0 Å². The number of nitrogens with zero attached hydrogens (tertiary/aromatic N) is 3. The molecule has 3 rings (SSSR count). The van der Waals surface area contributed by atoms with Crippen LogP contribution in [0, 0.1) is 6.92 Å². The van der Waals surface area contributed by atoms with Crippen molar-refractivity contribution in [3.63, 3.8) is 0 Å². The van der Waals surface area contributed by atoms with Crippen LogP contribution >= 0.6 is 27.5 Å². The molecule has 0 aliphatic heterocycles. The van der Waals surface area contributed by atoms with E-state index in [9.17, 15) is 0 Å². The molecule has 0 bridgehead atoms. The maximum absolute atomic E-state index is 6.32. The van der Waals surface area contributed by atoms with Crippen molar-refractivity contribution in [3.8, 4) is 5.75 Å². The highest BCUT2D eigenvalue weighted by atomic mass is 79.9. The molecule has 3 aromatic rings. The molecule has 1 N–H and O–H groups in total. The number of pyridine rings is 1. The van der Waals surface area contributed by atoms with Crippen LogP contribution in [0.1, 0.15) is 5.56 Å². The van der Waals surface area contributed by atoms with Crippen molar-refractivity contribution in [3.05, 3.63) is 45.7 Å². The molecule has 1 aromatic carbocycles. The normalized spacial score (nSPS) is 10.9. The van der Waals surface area contributed by atoms with Crippen LogP contribution in [-0.2, 0) is 0 Å². The van der Waals surface area contributed by atoms with Crippen LogP contribution in [0.25, 0.3) is 5.65 Å². The van der Waals surface area contributed by atoms with E-state index in [1.807, 2.05) is 31.2 Å². The molecule has 0 aliphatic carbocycles. The Labute approximate surface area is 135 Å². The minimum atomic E-state index is 0.515. The van der Waals surface area contributed by atoms with Crippen molar-refractivity contribution >= 4 is 44.7 Å². The number of methoxy groups -OCH3 is 1. The summed E-state index contributed by atoms with van der Waals surface area (Å²) in [4.78, 5) is 4.25. The molecular formula is C14H12BrClN4O. The van der Waals surface area contributed by atoms with Gasteiger partial charge in [0.05, 0.1) is 17.3 Å². The van der Waals surface area contributed by atoms with Crippen LogP contribution in [-0.4, -0.2) is 21.7 Å². The van der Waals surface area contributed by atoms with Gasteiger partial charge in [-0.15, -0.1) is 0 Å². The summed E-state index contributed by atoms with van der Waals surface area (Å²) in [6.07, 6.45) is 1.52. The molecular weight excluding hydrogens is 356 g/mol. The highest BCUT2D eigenvalue weighted by Gasteiger charge is 2.13. The van der Waals surface area contributed by atoms with Gasteiger partial charge < -0.3 is 10.1 Å². The maximum atomic E-state index is 6.32. The lowest BCUT2D eigenvalue weighted by Gasteiger charge is -2.14. The topological polar surface area (TPSA) is 51.5 Å². The van der Waals surface area contributed by atoms with E-state index in [2.05, 4.69) is 31.3 Å². The van der Waals surface area contributed by atoms with Crippen LogP contribution in [0.4, 0.5) is 11.5 Å². The first kappa shape index (κ1) is 14.2. The average molecular weight is 368 g/mol. The van der Waals surface area contributed by atoms with Crippen LogP contribution in [0.2, 0.25) is 5.02 Å². The van der Waals surface area contributed by atoms with E-state index in [1.54, 1.807) is 11.6 Å². The molecule has 0 radical (unpaired) electrons. The number of hydrogen-bond donors (Lipinski definition) is 1. The van der Waals surface area contributed by atoms with E-state index in [0.717, 1.165) is 27.2 Å². The first-order valence-corrected chi connectivity index (χ1v) is 7.37. The van der Waals surface area contributed by atoms with E-state index in [1.165, 1.54) is 6.33 Å². The molecule has 2 aromatic heterocycles. The minimum Gasteiger partial charge on any atom is -0.495 e. The fourth-order valence-corrected chi connectivity index (χ4v) is 2.96. The molecule has 0 amide bonds. The predicted molar refractivity (Wildman–Crippen MR) is 86.7 cm³/mol. The summed E-state index contributed by atoms with van der Waals surface area (Å²) >= 11 is 9.86. The highest BCUT2D eigenvalue weighted by Crippen LogP contribution is 2.35. The number of fused-ring (bicyclic) bond motifs is 1. The summed E-state index contributed by atoms with van der Waals surface area (Å²) < 4.78 is 7.83. The molecule has 0 saturated heterocycles. The number of ether oxygens (including phenoxy) is 1. The van der Waals surface area contributed by atoms with E-state index >= 15 is 0 Å². The van der Waals surface area contributed by atoms with Crippen molar-refractivity contribution in [1.82, 2.24) is 14.6 Å². The van der Waals surface area contributed by atoms with Crippen molar-refractivity contribution < 1.29 is 4.74 Å². The molecule has 0 fully saturated rings. The number of anilines is 2. The van der Waals surface area contributed by atoms with Gasteiger partial charge in [0.2, 0.25) is 0 Å². The molecule has 0 atom stereocenters. The molecule has 7 heteroatoms. The number of aryl methyl sites for hydroxylation is 1. The van der Waals surface area contributed by atoms with Crippen LogP contribution in [0.15, 0.2) is 35.1 Å². The average Bonchev–Trinajstić information content (AvgIpc) is 2.95. The summed E-state index contributed by atoms with van der Waals surface area (Å²) in [6.45, 7) is 1.98. The van der Waals surface area contributed by atoms with E-state index in [0.29, 0.717) is 10.8 Å². The second-order valence-corrected chi connectivity index (χ2v) is 5.70. The zero-order valence-electron chi connectivity index (χ0n) is 11.4. The third-order valence-corrected chi connectivity index (χ3v) is 4.11. The molecule has 0 saturated carbocycles. The van der Waals surface area contributed by atoms with Crippen molar-refractivity contribution in [2.75, 3.05) is 12.4 Å². The number of hydrogen-bond acceptors (Lipinski definition) is 4. The Morgan fingerprint density at radius 3 is 2.95 bits per heavy atom. The first-order valence-electron chi connectivity index (χ1n) is 6.20. The Morgan fingerprint density at radius 2 is 2.19 bits per heavy atom. The zero-order valence-corrected chi connectivity index (χ0v) is 13.7. The van der Waals surface area contributed by atoms with Crippen molar-refractivity contribution in [2.45, 2.75) is 6.92 Å². The van der Waals surface area contributed by atoms with Gasteiger partial charge in [-0.25, -0.2) is 4.98 Å². The SMILES string of the molecule is COc1cccc(Nc2c(Br)cc(C)c3ncnn23)c1Cl. The first-order chi connectivity index (χ1) is 10.1. The Bertz CT molecular complexity index is 818. The largest absolute Gasteiger partial charge is 0.495 e. The quantitative estimate of drug-likeness (QED) is 0.753. The molecule has 0 unspecified atom stereocenters. The smallest absolute Gasteiger partial charge is 0.160 e. The highest BCUT2D eigenvalue weighted by molar-refractivity contribution is 9.10. The number of rotatable bonds is 3. The fourth-order valence-electron chi connectivity index (χ4n) is 2.10. The monoisotopic (exact) mass is 366 g/mol. The predicted octanol–water partition coefficient (Wildman–Crippen LogP) is 4.21. The second-order valence-electron chi connectivity index (χ2n) is 4.47. The summed E-state index contributed by atoms with van der Waals surface area (Å²) in [6, 6.07) is 7.54. The zero-order chi connectivity index (χ0) is 15.0. The molecule has 21 heavy (non-hydrogen) atoms. The van der Waals surface area contributed by atoms with Crippen LogP contribution < -0.4 is 10.1 Å². The maximum Gasteiger partial charge on any atom is 0.160 e. The van der Waals surface area contributed by atoms with E-state index < -0.39 is 0 Å². The van der Waals surface area contributed by atoms with E-state index in [-0.39, 0.29) is 0 Å². The fraction of sp³-hybridized carbons (Fsp3) is 0.143. The number of halogens is 2. The van der Waals surface area contributed by atoms with E-state index in [4.69, 9.17) is 16.3 Å². The lowest BCUT2D eigenvalue weighted by Crippen LogP contribution is -2.03.